The maximum Gasteiger partial charge on any atom is 0.307 e. The van der Waals surface area contributed by atoms with Crippen LogP contribution in [0, 0.1) is 11.8 Å². The van der Waals surface area contributed by atoms with Crippen LogP contribution in [0.4, 0.5) is 5.69 Å². The topological polar surface area (TPSA) is 84.2 Å². The number of hydrogen-bond donors (Lipinski definition) is 2. The molecule has 0 aliphatic heterocycles. The van der Waals surface area contributed by atoms with Crippen molar-refractivity contribution in [1.82, 2.24) is 9.78 Å². The Balaban J connectivity index is 1.66. The molecule has 8 heteroatoms. The first-order valence-electron chi connectivity index (χ1n) is 8.44. The van der Waals surface area contributed by atoms with Gasteiger partial charge in [-0.1, -0.05) is 42.1 Å². The molecule has 0 spiro atoms. The van der Waals surface area contributed by atoms with Crippen LogP contribution in [0.3, 0.4) is 0 Å². The second-order valence-electron chi connectivity index (χ2n) is 6.49. The quantitative estimate of drug-likeness (QED) is 0.798. The number of aliphatic carboxylic acids is 1. The molecule has 1 aromatic heterocycles. The van der Waals surface area contributed by atoms with E-state index >= 15 is 0 Å². The smallest absolute Gasteiger partial charge is 0.307 e. The molecule has 26 heavy (non-hydrogen) atoms. The van der Waals surface area contributed by atoms with Gasteiger partial charge >= 0.3 is 5.97 Å². The standard InChI is InChI=1S/C18H19Cl2N3O3/c19-12-6-5-11(16(20)7-12)9-23-10-13(8-21-23)22-17(24)14-3-1-2-4-15(14)18(25)26/h5-8,10,14-15H,1-4,9H2,(H,22,24)(H,25,26)/t14-,15-/m0/s1. The van der Waals surface area contributed by atoms with Gasteiger partial charge in [0.2, 0.25) is 5.91 Å². The number of aromatic nitrogens is 2. The zero-order chi connectivity index (χ0) is 18.7. The van der Waals surface area contributed by atoms with Crippen molar-refractivity contribution in [2.75, 3.05) is 5.32 Å². The van der Waals surface area contributed by atoms with Crippen molar-refractivity contribution in [3.05, 3.63) is 46.2 Å². The number of rotatable bonds is 5. The molecule has 1 aromatic carbocycles. The largest absolute Gasteiger partial charge is 0.481 e. The average molecular weight is 396 g/mol. The fourth-order valence-corrected chi connectivity index (χ4v) is 3.78. The van der Waals surface area contributed by atoms with Crippen molar-refractivity contribution in [2.24, 2.45) is 11.8 Å². The predicted molar refractivity (Wildman–Crippen MR) is 99.5 cm³/mol. The third kappa shape index (κ3) is 4.37. The number of carbonyl (C=O) groups is 2. The van der Waals surface area contributed by atoms with Crippen molar-refractivity contribution in [3.63, 3.8) is 0 Å². The minimum Gasteiger partial charge on any atom is -0.481 e. The van der Waals surface area contributed by atoms with Gasteiger partial charge in [0.1, 0.15) is 0 Å². The first kappa shape index (κ1) is 18.7. The van der Waals surface area contributed by atoms with Gasteiger partial charge in [0.05, 0.1) is 30.3 Å². The van der Waals surface area contributed by atoms with Crippen molar-refractivity contribution in [3.8, 4) is 0 Å². The number of halogens is 2. The molecule has 1 aliphatic carbocycles. The van der Waals surface area contributed by atoms with Gasteiger partial charge in [-0.3, -0.25) is 14.3 Å². The Morgan fingerprint density at radius 3 is 2.65 bits per heavy atom. The molecule has 6 nitrogen and oxygen atoms in total. The van der Waals surface area contributed by atoms with Gasteiger partial charge in [-0.05, 0) is 30.5 Å². The lowest BCUT2D eigenvalue weighted by atomic mass is 9.78. The van der Waals surface area contributed by atoms with Gasteiger partial charge in [-0.15, -0.1) is 0 Å². The van der Waals surface area contributed by atoms with E-state index < -0.39 is 17.8 Å². The van der Waals surface area contributed by atoms with Crippen molar-refractivity contribution < 1.29 is 14.7 Å². The first-order valence-corrected chi connectivity index (χ1v) is 9.19. The summed E-state index contributed by atoms with van der Waals surface area (Å²) in [4.78, 5) is 23.9. The molecular formula is C18H19Cl2N3O3. The highest BCUT2D eigenvalue weighted by atomic mass is 35.5. The fraction of sp³-hybridized carbons (Fsp3) is 0.389. The summed E-state index contributed by atoms with van der Waals surface area (Å²) >= 11 is 12.1. The normalized spacial score (nSPS) is 19.9. The van der Waals surface area contributed by atoms with E-state index in [2.05, 4.69) is 10.4 Å². The minimum absolute atomic E-state index is 0.263. The van der Waals surface area contributed by atoms with Crippen LogP contribution in [-0.2, 0) is 16.1 Å². The number of carboxylic acids is 1. The summed E-state index contributed by atoms with van der Waals surface area (Å²) in [7, 11) is 0. The minimum atomic E-state index is -0.905. The van der Waals surface area contributed by atoms with Crippen molar-refractivity contribution in [2.45, 2.75) is 32.2 Å². The lowest BCUT2D eigenvalue weighted by Crippen LogP contribution is -2.35. The molecule has 1 heterocycles. The zero-order valence-corrected chi connectivity index (χ0v) is 15.5. The van der Waals surface area contributed by atoms with Crippen LogP contribution < -0.4 is 5.32 Å². The molecule has 138 valence electrons. The van der Waals surface area contributed by atoms with E-state index in [4.69, 9.17) is 23.2 Å². The Labute approximate surface area is 161 Å². The van der Waals surface area contributed by atoms with E-state index in [1.165, 1.54) is 0 Å². The molecule has 2 atom stereocenters. The Morgan fingerprint density at radius 1 is 1.23 bits per heavy atom. The highest BCUT2D eigenvalue weighted by Crippen LogP contribution is 2.31. The van der Waals surface area contributed by atoms with Crippen LogP contribution >= 0.6 is 23.2 Å². The molecule has 2 aromatic rings. The summed E-state index contributed by atoms with van der Waals surface area (Å²) < 4.78 is 1.65. The number of amides is 1. The third-order valence-electron chi connectivity index (χ3n) is 4.67. The molecule has 3 rings (SSSR count). The Morgan fingerprint density at radius 2 is 1.96 bits per heavy atom. The molecule has 0 radical (unpaired) electrons. The molecule has 0 saturated heterocycles. The van der Waals surface area contributed by atoms with Crippen molar-refractivity contribution >= 4 is 40.8 Å². The first-order chi connectivity index (χ1) is 12.4. The second kappa shape index (κ2) is 8.10. The van der Waals surface area contributed by atoms with E-state index in [1.807, 2.05) is 6.07 Å². The predicted octanol–water partition coefficient (Wildman–Crippen LogP) is 4.07. The lowest BCUT2D eigenvalue weighted by molar-refractivity contribution is -0.147. The summed E-state index contributed by atoms with van der Waals surface area (Å²) in [5.74, 6) is -2.29. The summed E-state index contributed by atoms with van der Waals surface area (Å²) in [5, 5.41) is 17.4. The van der Waals surface area contributed by atoms with Crippen LogP contribution in [0.25, 0.3) is 0 Å². The lowest BCUT2D eigenvalue weighted by Gasteiger charge is -2.27. The van der Waals surface area contributed by atoms with Crippen LogP contribution in [0.2, 0.25) is 10.0 Å². The van der Waals surface area contributed by atoms with Gasteiger partial charge < -0.3 is 10.4 Å². The number of carboxylic acid groups (broad SMARTS) is 1. The molecule has 0 bridgehead atoms. The maximum absolute atomic E-state index is 12.5. The van der Waals surface area contributed by atoms with Crippen molar-refractivity contribution in [1.29, 1.82) is 0 Å². The third-order valence-corrected chi connectivity index (χ3v) is 5.26. The summed E-state index contributed by atoms with van der Waals surface area (Å²) in [6.45, 7) is 0.438. The van der Waals surface area contributed by atoms with Crippen LogP contribution in [0.1, 0.15) is 31.2 Å². The summed E-state index contributed by atoms with van der Waals surface area (Å²) in [6, 6.07) is 5.24. The molecule has 1 amide bonds. The zero-order valence-electron chi connectivity index (χ0n) is 14.0. The molecular weight excluding hydrogens is 377 g/mol. The number of carbonyl (C=O) groups excluding carboxylic acids is 1. The van der Waals surface area contributed by atoms with Gasteiger partial charge in [-0.2, -0.15) is 5.10 Å². The van der Waals surface area contributed by atoms with E-state index in [0.717, 1.165) is 18.4 Å². The highest BCUT2D eigenvalue weighted by Gasteiger charge is 2.35. The molecule has 0 unspecified atom stereocenters. The van der Waals surface area contributed by atoms with Gasteiger partial charge in [0.25, 0.3) is 0 Å². The summed E-state index contributed by atoms with van der Waals surface area (Å²) in [5.41, 5.74) is 1.39. The average Bonchev–Trinajstić information content (AvgIpc) is 3.04. The Kier molecular flexibility index (Phi) is 5.84. The molecule has 1 saturated carbocycles. The van der Waals surface area contributed by atoms with Gasteiger partial charge in [0.15, 0.2) is 0 Å². The second-order valence-corrected chi connectivity index (χ2v) is 7.33. The number of nitrogens with zero attached hydrogens (tertiary/aromatic N) is 2. The fourth-order valence-electron chi connectivity index (χ4n) is 3.31. The van der Waals surface area contributed by atoms with Crippen LogP contribution in [0.5, 0.6) is 0 Å². The van der Waals surface area contributed by atoms with Gasteiger partial charge in [0, 0.05) is 16.2 Å². The number of nitrogens with one attached hydrogen (secondary N) is 1. The Bertz CT molecular complexity index is 822. The Hall–Kier alpha value is -2.05. The van der Waals surface area contributed by atoms with E-state index in [0.29, 0.717) is 35.1 Å². The number of hydrogen-bond acceptors (Lipinski definition) is 3. The molecule has 1 aliphatic rings. The SMILES string of the molecule is O=C(O)[C@H]1CCCC[C@@H]1C(=O)Nc1cnn(Cc2ccc(Cl)cc2Cl)c1. The number of anilines is 1. The van der Waals surface area contributed by atoms with E-state index in [-0.39, 0.29) is 5.91 Å². The van der Waals surface area contributed by atoms with Crippen LogP contribution in [-0.4, -0.2) is 26.8 Å². The van der Waals surface area contributed by atoms with E-state index in [1.54, 1.807) is 29.2 Å². The summed E-state index contributed by atoms with van der Waals surface area (Å²) in [6.07, 6.45) is 6.09. The molecule has 2 N–H and O–H groups in total. The molecule has 1 fully saturated rings. The highest BCUT2D eigenvalue weighted by molar-refractivity contribution is 6.35. The monoisotopic (exact) mass is 395 g/mol. The maximum atomic E-state index is 12.5. The van der Waals surface area contributed by atoms with E-state index in [9.17, 15) is 14.7 Å². The van der Waals surface area contributed by atoms with Crippen LogP contribution in [0.15, 0.2) is 30.6 Å². The number of benzene rings is 1. The van der Waals surface area contributed by atoms with Gasteiger partial charge in [-0.25, -0.2) is 0 Å².